The number of carbonyl (C=O) groups excluding carboxylic acids is 2. The number of nitrogens with zero attached hydrogens (tertiary/aromatic N) is 1. The second-order valence-corrected chi connectivity index (χ2v) is 8.36. The molecule has 0 aliphatic carbocycles. The van der Waals surface area contributed by atoms with E-state index in [0.29, 0.717) is 29.9 Å². The third-order valence-corrected chi connectivity index (χ3v) is 6.62. The minimum Gasteiger partial charge on any atom is -0.383 e. The first-order valence-corrected chi connectivity index (χ1v) is 10.6. The van der Waals surface area contributed by atoms with Crippen LogP contribution in [0.5, 0.6) is 0 Å². The van der Waals surface area contributed by atoms with Gasteiger partial charge < -0.3 is 20.3 Å². The number of methoxy groups -OCH3 is 1. The van der Waals surface area contributed by atoms with Gasteiger partial charge in [0.25, 0.3) is 5.91 Å². The average molecular weight is 392 g/mol. The third kappa shape index (κ3) is 5.24. The molecule has 6 nitrogen and oxygen atoms in total. The Kier molecular flexibility index (Phi) is 7.15. The van der Waals surface area contributed by atoms with E-state index in [4.69, 9.17) is 4.74 Å². The van der Waals surface area contributed by atoms with Gasteiger partial charge in [0.15, 0.2) is 0 Å². The summed E-state index contributed by atoms with van der Waals surface area (Å²) >= 11 is 1.41. The van der Waals surface area contributed by atoms with E-state index in [-0.39, 0.29) is 11.8 Å². The normalized spacial score (nSPS) is 18.6. The van der Waals surface area contributed by atoms with Gasteiger partial charge in [0, 0.05) is 38.2 Å². The van der Waals surface area contributed by atoms with E-state index in [9.17, 15) is 9.59 Å². The molecule has 2 fully saturated rings. The lowest BCUT2D eigenvalue weighted by Gasteiger charge is -2.39. The van der Waals surface area contributed by atoms with E-state index in [2.05, 4.69) is 10.6 Å². The second kappa shape index (κ2) is 9.57. The van der Waals surface area contributed by atoms with E-state index in [0.717, 1.165) is 43.9 Å². The van der Waals surface area contributed by atoms with Crippen molar-refractivity contribution in [3.05, 3.63) is 29.8 Å². The maximum absolute atomic E-state index is 13.1. The first kappa shape index (κ1) is 20.2. The zero-order valence-electron chi connectivity index (χ0n) is 16.0. The van der Waals surface area contributed by atoms with Crippen molar-refractivity contribution in [1.82, 2.24) is 15.5 Å². The van der Waals surface area contributed by atoms with Crippen LogP contribution in [0.3, 0.4) is 0 Å². The van der Waals surface area contributed by atoms with Gasteiger partial charge in [-0.3, -0.25) is 9.59 Å². The summed E-state index contributed by atoms with van der Waals surface area (Å²) in [6.45, 7) is 4.81. The number of amides is 2. The molecule has 148 valence electrons. The van der Waals surface area contributed by atoms with Crippen molar-refractivity contribution in [2.24, 2.45) is 5.41 Å². The van der Waals surface area contributed by atoms with Crippen LogP contribution in [0, 0.1) is 5.41 Å². The Balaban J connectivity index is 1.56. The summed E-state index contributed by atoms with van der Waals surface area (Å²) in [5.41, 5.74) is 1.10. The van der Waals surface area contributed by atoms with Gasteiger partial charge in [-0.2, -0.15) is 0 Å². The lowest BCUT2D eigenvalue weighted by Crippen LogP contribution is -2.44. The van der Waals surface area contributed by atoms with E-state index >= 15 is 0 Å². The van der Waals surface area contributed by atoms with E-state index in [1.807, 2.05) is 29.2 Å². The molecule has 2 saturated heterocycles. The fourth-order valence-corrected chi connectivity index (χ4v) is 4.71. The second-order valence-electron chi connectivity index (χ2n) is 7.35. The summed E-state index contributed by atoms with van der Waals surface area (Å²) in [6.07, 6.45) is 3.37. The number of carbonyl (C=O) groups is 2. The van der Waals surface area contributed by atoms with Crippen molar-refractivity contribution >= 4 is 23.6 Å². The van der Waals surface area contributed by atoms with Gasteiger partial charge in [-0.1, -0.05) is 12.1 Å². The summed E-state index contributed by atoms with van der Waals surface area (Å²) in [5, 5.41) is 6.27. The molecule has 1 aromatic carbocycles. The molecule has 0 saturated carbocycles. The average Bonchev–Trinajstić information content (AvgIpc) is 3.15. The zero-order valence-corrected chi connectivity index (χ0v) is 16.8. The number of ether oxygens (including phenoxy) is 1. The Bertz CT molecular complexity index is 652. The van der Waals surface area contributed by atoms with Gasteiger partial charge in [0.05, 0.1) is 17.9 Å². The Hall–Kier alpha value is -1.57. The molecule has 2 amide bonds. The van der Waals surface area contributed by atoms with Crippen LogP contribution < -0.4 is 10.6 Å². The first-order valence-electron chi connectivity index (χ1n) is 9.61. The fraction of sp³-hybridized carbons (Fsp3) is 0.600. The molecule has 0 atom stereocenters. The minimum absolute atomic E-state index is 0.0482. The molecular formula is C20H29N3O3S. The molecule has 3 rings (SSSR count). The summed E-state index contributed by atoms with van der Waals surface area (Å²) in [6, 6.07) is 7.60. The topological polar surface area (TPSA) is 70.7 Å². The molecule has 1 spiro atoms. The molecule has 2 aliphatic rings. The van der Waals surface area contributed by atoms with Crippen LogP contribution in [0.15, 0.2) is 29.2 Å². The molecule has 27 heavy (non-hydrogen) atoms. The lowest BCUT2D eigenvalue weighted by atomic mass is 9.78. The van der Waals surface area contributed by atoms with Crippen LogP contribution in [0.2, 0.25) is 0 Å². The standard InChI is InChI=1S/C20H29N3O3S/c1-26-13-10-22-18(24)14-27-17-5-3-2-4-16(17)19(25)23-11-7-20(8-12-23)6-9-21-15-20/h2-5,21H,6-15H2,1H3,(H,22,24). The lowest BCUT2D eigenvalue weighted by molar-refractivity contribution is -0.118. The molecular weight excluding hydrogens is 362 g/mol. The van der Waals surface area contributed by atoms with Crippen LogP contribution in [0.1, 0.15) is 29.6 Å². The van der Waals surface area contributed by atoms with Crippen LogP contribution in [0.4, 0.5) is 0 Å². The van der Waals surface area contributed by atoms with E-state index in [1.54, 1.807) is 7.11 Å². The molecule has 0 aromatic heterocycles. The van der Waals surface area contributed by atoms with Crippen molar-refractivity contribution in [3.8, 4) is 0 Å². The predicted octanol–water partition coefficient (Wildman–Crippen LogP) is 1.76. The fourth-order valence-electron chi connectivity index (χ4n) is 3.83. The number of likely N-dealkylation sites (tertiary alicyclic amines) is 1. The van der Waals surface area contributed by atoms with Crippen molar-refractivity contribution < 1.29 is 14.3 Å². The monoisotopic (exact) mass is 391 g/mol. The highest BCUT2D eigenvalue weighted by atomic mass is 32.2. The van der Waals surface area contributed by atoms with Gasteiger partial charge >= 0.3 is 0 Å². The van der Waals surface area contributed by atoms with Gasteiger partial charge in [0.1, 0.15) is 0 Å². The van der Waals surface area contributed by atoms with Crippen LogP contribution in [-0.2, 0) is 9.53 Å². The number of piperidine rings is 1. The van der Waals surface area contributed by atoms with Crippen LogP contribution >= 0.6 is 11.8 Å². The smallest absolute Gasteiger partial charge is 0.254 e. The number of hydrogen-bond donors (Lipinski definition) is 2. The summed E-state index contributed by atoms with van der Waals surface area (Å²) in [4.78, 5) is 27.8. The number of hydrogen-bond acceptors (Lipinski definition) is 5. The highest BCUT2D eigenvalue weighted by Gasteiger charge is 2.38. The van der Waals surface area contributed by atoms with E-state index in [1.165, 1.54) is 18.2 Å². The Morgan fingerprint density at radius 2 is 2.04 bits per heavy atom. The largest absolute Gasteiger partial charge is 0.383 e. The maximum atomic E-state index is 13.1. The summed E-state index contributed by atoms with van der Waals surface area (Å²) in [5.74, 6) is 0.328. The van der Waals surface area contributed by atoms with Gasteiger partial charge in [-0.25, -0.2) is 0 Å². The van der Waals surface area contributed by atoms with Gasteiger partial charge in [0.2, 0.25) is 5.91 Å². The predicted molar refractivity (Wildman–Crippen MR) is 107 cm³/mol. The van der Waals surface area contributed by atoms with Crippen molar-refractivity contribution in [3.63, 3.8) is 0 Å². The van der Waals surface area contributed by atoms with Gasteiger partial charge in [-0.05, 0) is 43.4 Å². The molecule has 2 heterocycles. The quantitative estimate of drug-likeness (QED) is 0.547. The summed E-state index contributed by atoms with van der Waals surface area (Å²) in [7, 11) is 1.61. The number of rotatable bonds is 7. The molecule has 0 bridgehead atoms. The Morgan fingerprint density at radius 1 is 1.26 bits per heavy atom. The minimum atomic E-state index is -0.0482. The van der Waals surface area contributed by atoms with Crippen LogP contribution in [0.25, 0.3) is 0 Å². The highest BCUT2D eigenvalue weighted by molar-refractivity contribution is 8.00. The Labute approximate surface area is 165 Å². The number of thioether (sulfide) groups is 1. The molecule has 1 aromatic rings. The van der Waals surface area contributed by atoms with Crippen molar-refractivity contribution in [2.75, 3.05) is 52.2 Å². The first-order chi connectivity index (χ1) is 13.1. The highest BCUT2D eigenvalue weighted by Crippen LogP contribution is 2.37. The van der Waals surface area contributed by atoms with Crippen molar-refractivity contribution in [2.45, 2.75) is 24.2 Å². The van der Waals surface area contributed by atoms with E-state index < -0.39 is 0 Å². The SMILES string of the molecule is COCCNC(=O)CSc1ccccc1C(=O)N1CCC2(CCNC2)CC1. The maximum Gasteiger partial charge on any atom is 0.254 e. The molecule has 2 aliphatic heterocycles. The Morgan fingerprint density at radius 3 is 2.74 bits per heavy atom. The number of benzene rings is 1. The molecule has 2 N–H and O–H groups in total. The summed E-state index contributed by atoms with van der Waals surface area (Å²) < 4.78 is 4.93. The molecule has 0 radical (unpaired) electrons. The molecule has 7 heteroatoms. The zero-order chi connectivity index (χ0) is 19.1. The third-order valence-electron chi connectivity index (χ3n) is 5.55. The molecule has 0 unspecified atom stereocenters. The van der Waals surface area contributed by atoms with Crippen LogP contribution in [-0.4, -0.2) is 68.9 Å². The number of nitrogens with one attached hydrogen (secondary N) is 2. The van der Waals surface area contributed by atoms with Crippen molar-refractivity contribution in [1.29, 1.82) is 0 Å². The van der Waals surface area contributed by atoms with Gasteiger partial charge in [-0.15, -0.1) is 11.8 Å².